The molecule has 3 rings (SSSR count). The number of halogens is 2. The van der Waals surface area contributed by atoms with Crippen LogP contribution in [-0.2, 0) is 11.3 Å². The summed E-state index contributed by atoms with van der Waals surface area (Å²) in [5.41, 5.74) is 2.94. The molecule has 0 unspecified atom stereocenters. The second-order valence-corrected chi connectivity index (χ2v) is 7.02. The molecule has 0 fully saturated rings. The van der Waals surface area contributed by atoms with E-state index in [9.17, 15) is 13.6 Å². The van der Waals surface area contributed by atoms with Gasteiger partial charge >= 0.3 is 6.61 Å². The molecule has 4 nitrogen and oxygen atoms in total. The van der Waals surface area contributed by atoms with Crippen molar-refractivity contribution in [3.8, 4) is 5.75 Å². The summed E-state index contributed by atoms with van der Waals surface area (Å²) in [6, 6.07) is 25.5. The summed E-state index contributed by atoms with van der Waals surface area (Å²) in [7, 11) is 0. The van der Waals surface area contributed by atoms with Gasteiger partial charge in [-0.25, -0.2) is 0 Å². The highest BCUT2D eigenvalue weighted by atomic mass is 19.3. The minimum atomic E-state index is -2.86. The standard InChI is InChI=1S/C24H24F2N2O2/c1-17(23(29)27-16-18-8-4-2-5-9-18)28-22(19-10-6-3-7-11-19)20-12-14-21(15-13-20)30-24(25)26/h2-15,17,22,24,28H,16H2,1H3,(H,27,29)/p+1/t17-,22-/m1/s1. The lowest BCUT2D eigenvalue weighted by Crippen LogP contribution is -2.92. The Morgan fingerprint density at radius 1 is 0.900 bits per heavy atom. The maximum Gasteiger partial charge on any atom is 0.387 e. The zero-order valence-corrected chi connectivity index (χ0v) is 16.7. The van der Waals surface area contributed by atoms with Gasteiger partial charge < -0.3 is 15.4 Å². The van der Waals surface area contributed by atoms with Crippen molar-refractivity contribution in [1.82, 2.24) is 5.32 Å². The zero-order valence-electron chi connectivity index (χ0n) is 16.7. The van der Waals surface area contributed by atoms with Gasteiger partial charge in [0.2, 0.25) is 0 Å². The fourth-order valence-corrected chi connectivity index (χ4v) is 3.25. The molecule has 0 bridgehead atoms. The van der Waals surface area contributed by atoms with Crippen LogP contribution in [0.5, 0.6) is 5.75 Å². The molecule has 3 aromatic rings. The van der Waals surface area contributed by atoms with E-state index in [2.05, 4.69) is 10.1 Å². The molecule has 0 saturated carbocycles. The van der Waals surface area contributed by atoms with Gasteiger partial charge in [-0.1, -0.05) is 60.7 Å². The van der Waals surface area contributed by atoms with E-state index < -0.39 is 6.61 Å². The Balaban J connectivity index is 1.72. The fourth-order valence-electron chi connectivity index (χ4n) is 3.25. The SMILES string of the molecule is C[C@@H]([NH2+][C@H](c1ccccc1)c1ccc(OC(F)F)cc1)C(=O)NCc1ccccc1. The highest BCUT2D eigenvalue weighted by Crippen LogP contribution is 2.22. The molecule has 0 spiro atoms. The van der Waals surface area contributed by atoms with Crippen LogP contribution in [0.1, 0.15) is 29.7 Å². The molecule has 6 heteroatoms. The van der Waals surface area contributed by atoms with Crippen LogP contribution in [0.25, 0.3) is 0 Å². The third kappa shape index (κ3) is 6.12. The fraction of sp³-hybridized carbons (Fsp3) is 0.208. The molecule has 0 aliphatic rings. The molecule has 1 amide bonds. The lowest BCUT2D eigenvalue weighted by molar-refractivity contribution is -0.704. The monoisotopic (exact) mass is 411 g/mol. The van der Waals surface area contributed by atoms with E-state index in [1.165, 1.54) is 12.1 Å². The van der Waals surface area contributed by atoms with Crippen molar-refractivity contribution in [3.63, 3.8) is 0 Å². The molecular formula is C24H25F2N2O2+. The Bertz CT molecular complexity index is 919. The number of hydrogen-bond acceptors (Lipinski definition) is 2. The number of nitrogens with one attached hydrogen (secondary N) is 1. The van der Waals surface area contributed by atoms with E-state index in [1.807, 2.05) is 72.9 Å². The van der Waals surface area contributed by atoms with Crippen LogP contribution in [-0.4, -0.2) is 18.6 Å². The quantitative estimate of drug-likeness (QED) is 0.565. The highest BCUT2D eigenvalue weighted by molar-refractivity contribution is 5.79. The van der Waals surface area contributed by atoms with Crippen LogP contribution < -0.4 is 15.4 Å². The summed E-state index contributed by atoms with van der Waals surface area (Å²) in [5.74, 6) is 0.0339. The number of amides is 1. The van der Waals surface area contributed by atoms with E-state index >= 15 is 0 Å². The molecule has 0 aliphatic heterocycles. The number of alkyl halides is 2. The van der Waals surface area contributed by atoms with Gasteiger partial charge in [-0.2, -0.15) is 8.78 Å². The number of quaternary nitrogens is 1. The minimum Gasteiger partial charge on any atom is -0.435 e. The summed E-state index contributed by atoms with van der Waals surface area (Å²) in [5, 5.41) is 4.94. The lowest BCUT2D eigenvalue weighted by atomic mass is 9.97. The molecule has 0 heterocycles. The molecule has 156 valence electrons. The van der Waals surface area contributed by atoms with Gasteiger partial charge in [-0.3, -0.25) is 4.79 Å². The predicted octanol–water partition coefficient (Wildman–Crippen LogP) is 3.65. The van der Waals surface area contributed by atoms with E-state index in [1.54, 1.807) is 12.1 Å². The Hall–Kier alpha value is -3.25. The number of benzene rings is 3. The summed E-state index contributed by atoms with van der Waals surface area (Å²) in [4.78, 5) is 12.6. The topological polar surface area (TPSA) is 54.9 Å². The van der Waals surface area contributed by atoms with E-state index in [-0.39, 0.29) is 23.7 Å². The number of nitrogens with two attached hydrogens (primary N) is 1. The second kappa shape index (κ2) is 10.5. The van der Waals surface area contributed by atoms with Crippen molar-refractivity contribution in [1.29, 1.82) is 0 Å². The average Bonchev–Trinajstić information content (AvgIpc) is 2.77. The van der Waals surface area contributed by atoms with Crippen molar-refractivity contribution in [2.24, 2.45) is 0 Å². The molecule has 3 N–H and O–H groups in total. The van der Waals surface area contributed by atoms with Gasteiger partial charge in [0.25, 0.3) is 5.91 Å². The van der Waals surface area contributed by atoms with Gasteiger partial charge in [-0.15, -0.1) is 0 Å². The van der Waals surface area contributed by atoms with Crippen molar-refractivity contribution in [2.45, 2.75) is 32.2 Å². The van der Waals surface area contributed by atoms with Crippen molar-refractivity contribution in [2.75, 3.05) is 0 Å². The van der Waals surface area contributed by atoms with Crippen LogP contribution in [0, 0.1) is 0 Å². The first kappa shape index (κ1) is 21.5. The first-order chi connectivity index (χ1) is 14.5. The van der Waals surface area contributed by atoms with E-state index in [4.69, 9.17) is 0 Å². The molecule has 0 radical (unpaired) electrons. The predicted molar refractivity (Wildman–Crippen MR) is 111 cm³/mol. The number of ether oxygens (including phenoxy) is 1. The minimum absolute atomic E-state index is 0.0718. The number of rotatable bonds is 9. The molecule has 3 aromatic carbocycles. The average molecular weight is 411 g/mol. The maximum absolute atomic E-state index is 12.6. The van der Waals surface area contributed by atoms with Gasteiger partial charge in [-0.05, 0) is 36.8 Å². The normalized spacial score (nSPS) is 12.9. The number of carbonyl (C=O) groups is 1. The molecule has 0 saturated heterocycles. The van der Waals surface area contributed by atoms with Crippen LogP contribution in [0.15, 0.2) is 84.9 Å². The van der Waals surface area contributed by atoms with Crippen LogP contribution >= 0.6 is 0 Å². The number of hydrogen-bond donors (Lipinski definition) is 2. The first-order valence-corrected chi connectivity index (χ1v) is 9.79. The maximum atomic E-state index is 12.6. The van der Waals surface area contributed by atoms with Crippen molar-refractivity contribution >= 4 is 5.91 Å². The third-order valence-electron chi connectivity index (χ3n) is 4.83. The highest BCUT2D eigenvalue weighted by Gasteiger charge is 2.24. The summed E-state index contributed by atoms with van der Waals surface area (Å²) < 4.78 is 29.3. The van der Waals surface area contributed by atoms with Crippen LogP contribution in [0.4, 0.5) is 8.78 Å². The largest absolute Gasteiger partial charge is 0.435 e. The van der Waals surface area contributed by atoms with Gasteiger partial charge in [0.15, 0.2) is 6.04 Å². The van der Waals surface area contributed by atoms with Crippen LogP contribution in [0.2, 0.25) is 0 Å². The van der Waals surface area contributed by atoms with Crippen molar-refractivity contribution in [3.05, 3.63) is 102 Å². The zero-order chi connectivity index (χ0) is 21.3. The Morgan fingerprint density at radius 3 is 2.07 bits per heavy atom. The molecule has 2 atom stereocenters. The molecule has 0 aromatic heterocycles. The molecule has 30 heavy (non-hydrogen) atoms. The first-order valence-electron chi connectivity index (χ1n) is 9.79. The Kier molecular flexibility index (Phi) is 7.51. The van der Waals surface area contributed by atoms with Gasteiger partial charge in [0.1, 0.15) is 11.8 Å². The summed E-state index contributed by atoms with van der Waals surface area (Å²) in [6.07, 6.45) is 0. The lowest BCUT2D eigenvalue weighted by Gasteiger charge is -2.21. The summed E-state index contributed by atoms with van der Waals surface area (Å²) in [6.45, 7) is -0.543. The number of carbonyl (C=O) groups excluding carboxylic acids is 1. The van der Waals surface area contributed by atoms with Gasteiger partial charge in [0, 0.05) is 17.7 Å². The smallest absolute Gasteiger partial charge is 0.387 e. The summed E-state index contributed by atoms with van der Waals surface area (Å²) >= 11 is 0. The third-order valence-corrected chi connectivity index (χ3v) is 4.83. The van der Waals surface area contributed by atoms with Crippen LogP contribution in [0.3, 0.4) is 0 Å². The molecular weight excluding hydrogens is 386 g/mol. The van der Waals surface area contributed by atoms with E-state index in [0.717, 1.165) is 16.7 Å². The Morgan fingerprint density at radius 2 is 1.47 bits per heavy atom. The Labute approximate surface area is 174 Å². The molecule has 0 aliphatic carbocycles. The van der Waals surface area contributed by atoms with Gasteiger partial charge in [0.05, 0.1) is 0 Å². The second-order valence-electron chi connectivity index (χ2n) is 7.02. The van der Waals surface area contributed by atoms with Crippen molar-refractivity contribution < 1.29 is 23.6 Å². The van der Waals surface area contributed by atoms with E-state index in [0.29, 0.717) is 6.54 Å².